The van der Waals surface area contributed by atoms with Crippen LogP contribution in [-0.4, -0.2) is 41.6 Å². The summed E-state index contributed by atoms with van der Waals surface area (Å²) >= 11 is 0. The number of terminal acetylenes is 1. The third-order valence-electron chi connectivity index (χ3n) is 2.29. The Balaban J connectivity index is 2.11. The molecule has 1 heterocycles. The minimum atomic E-state index is -0.841. The van der Waals surface area contributed by atoms with Crippen molar-refractivity contribution in [1.29, 1.82) is 0 Å². The lowest BCUT2D eigenvalue weighted by Gasteiger charge is -2.36. The first-order valence-electron chi connectivity index (χ1n) is 4.84. The number of carbonyl (C=O) groups excluding carboxylic acids is 1. The van der Waals surface area contributed by atoms with Gasteiger partial charge in [0.05, 0.1) is 5.92 Å². The number of nitrogens with one attached hydrogen (secondary N) is 1. The summed E-state index contributed by atoms with van der Waals surface area (Å²) in [6.45, 7) is 1.14. The maximum atomic E-state index is 11.3. The summed E-state index contributed by atoms with van der Waals surface area (Å²) in [5, 5.41) is 11.3. The normalized spacial score (nSPS) is 15.3. The molecule has 15 heavy (non-hydrogen) atoms. The second-order valence-corrected chi connectivity index (χ2v) is 3.48. The van der Waals surface area contributed by atoms with Crippen LogP contribution in [-0.2, 0) is 4.79 Å². The maximum absolute atomic E-state index is 11.3. The van der Waals surface area contributed by atoms with Gasteiger partial charge in [0, 0.05) is 26.1 Å². The Kier molecular flexibility index (Phi) is 3.98. The standard InChI is InChI=1S/C10H14N2O3/c1-2-3-4-5-11-10(15)12-6-8(7-12)9(13)14/h1,8H,3-7H2,(H,11,15)(H,13,14). The van der Waals surface area contributed by atoms with Gasteiger partial charge in [0.1, 0.15) is 0 Å². The molecule has 5 nitrogen and oxygen atoms in total. The summed E-state index contributed by atoms with van der Waals surface area (Å²) in [5.74, 6) is 1.24. The molecule has 1 rings (SSSR count). The Hall–Kier alpha value is -1.70. The van der Waals surface area contributed by atoms with Crippen molar-refractivity contribution in [2.24, 2.45) is 5.92 Å². The zero-order valence-electron chi connectivity index (χ0n) is 8.40. The molecular formula is C10H14N2O3. The van der Waals surface area contributed by atoms with Crippen LogP contribution in [0.5, 0.6) is 0 Å². The van der Waals surface area contributed by atoms with E-state index < -0.39 is 11.9 Å². The van der Waals surface area contributed by atoms with Gasteiger partial charge in [-0.1, -0.05) is 0 Å². The number of nitrogens with zero attached hydrogens (tertiary/aromatic N) is 1. The van der Waals surface area contributed by atoms with Gasteiger partial charge in [-0.05, 0) is 6.42 Å². The molecule has 0 radical (unpaired) electrons. The molecule has 0 unspecified atom stereocenters. The molecule has 0 saturated carbocycles. The van der Waals surface area contributed by atoms with Crippen molar-refractivity contribution in [3.8, 4) is 12.3 Å². The van der Waals surface area contributed by atoms with E-state index in [0.29, 0.717) is 26.1 Å². The summed E-state index contributed by atoms with van der Waals surface area (Å²) < 4.78 is 0. The van der Waals surface area contributed by atoms with Crippen LogP contribution in [0.25, 0.3) is 0 Å². The molecule has 0 atom stereocenters. The Morgan fingerprint density at radius 1 is 1.53 bits per heavy atom. The summed E-state index contributed by atoms with van der Waals surface area (Å²) in [5.41, 5.74) is 0. The molecule has 0 aromatic rings. The van der Waals surface area contributed by atoms with Crippen molar-refractivity contribution in [2.75, 3.05) is 19.6 Å². The number of aliphatic carboxylic acids is 1. The SMILES string of the molecule is C#CCCCNC(=O)N1CC(C(=O)O)C1. The lowest BCUT2D eigenvalue weighted by molar-refractivity contribution is -0.146. The highest BCUT2D eigenvalue weighted by atomic mass is 16.4. The molecule has 0 bridgehead atoms. The van der Waals surface area contributed by atoms with E-state index in [2.05, 4.69) is 11.2 Å². The average Bonchev–Trinajstić information content (AvgIpc) is 2.09. The highest BCUT2D eigenvalue weighted by Gasteiger charge is 2.35. The molecule has 0 aliphatic carbocycles. The van der Waals surface area contributed by atoms with Gasteiger partial charge < -0.3 is 15.3 Å². The highest BCUT2D eigenvalue weighted by Crippen LogP contribution is 2.14. The number of urea groups is 1. The van der Waals surface area contributed by atoms with Crippen LogP contribution < -0.4 is 5.32 Å². The van der Waals surface area contributed by atoms with Gasteiger partial charge >= 0.3 is 12.0 Å². The summed E-state index contributed by atoms with van der Waals surface area (Å²) in [6.07, 6.45) is 6.44. The Morgan fingerprint density at radius 3 is 2.73 bits per heavy atom. The molecule has 1 aliphatic rings. The molecule has 0 aromatic heterocycles. The number of hydrogen-bond donors (Lipinski definition) is 2. The van der Waals surface area contributed by atoms with Crippen LogP contribution in [0.2, 0.25) is 0 Å². The molecule has 1 fully saturated rings. The predicted octanol–water partition coefficient (Wildman–Crippen LogP) is 0.126. The Bertz CT molecular complexity index is 290. The molecule has 0 aromatic carbocycles. The van der Waals surface area contributed by atoms with Gasteiger partial charge in [-0.3, -0.25) is 4.79 Å². The van der Waals surface area contributed by atoms with Crippen LogP contribution in [0, 0.1) is 18.3 Å². The van der Waals surface area contributed by atoms with Crippen molar-refractivity contribution >= 4 is 12.0 Å². The van der Waals surface area contributed by atoms with Crippen molar-refractivity contribution < 1.29 is 14.7 Å². The number of amides is 2. The monoisotopic (exact) mass is 210 g/mol. The number of carbonyl (C=O) groups is 2. The van der Waals surface area contributed by atoms with E-state index in [0.717, 1.165) is 6.42 Å². The van der Waals surface area contributed by atoms with Gasteiger partial charge in [-0.2, -0.15) is 0 Å². The first kappa shape index (κ1) is 11.4. The van der Waals surface area contributed by atoms with Gasteiger partial charge in [-0.25, -0.2) is 4.79 Å². The predicted molar refractivity (Wildman–Crippen MR) is 54.2 cm³/mol. The molecule has 82 valence electrons. The van der Waals surface area contributed by atoms with Gasteiger partial charge in [0.25, 0.3) is 0 Å². The largest absolute Gasteiger partial charge is 0.481 e. The molecule has 5 heteroatoms. The summed E-state index contributed by atoms with van der Waals surface area (Å²) in [7, 11) is 0. The second-order valence-electron chi connectivity index (χ2n) is 3.48. The molecular weight excluding hydrogens is 196 g/mol. The quantitative estimate of drug-likeness (QED) is 0.511. The second kappa shape index (κ2) is 5.25. The first-order chi connectivity index (χ1) is 7.15. The van der Waals surface area contributed by atoms with Crippen molar-refractivity contribution in [3.63, 3.8) is 0 Å². The number of rotatable bonds is 4. The van der Waals surface area contributed by atoms with E-state index in [-0.39, 0.29) is 6.03 Å². The van der Waals surface area contributed by atoms with E-state index in [1.165, 1.54) is 4.90 Å². The fraction of sp³-hybridized carbons (Fsp3) is 0.600. The van der Waals surface area contributed by atoms with Crippen LogP contribution in [0.3, 0.4) is 0 Å². The van der Waals surface area contributed by atoms with Crippen molar-refractivity contribution in [2.45, 2.75) is 12.8 Å². The van der Waals surface area contributed by atoms with Crippen LogP contribution >= 0.6 is 0 Å². The topological polar surface area (TPSA) is 69.6 Å². The summed E-state index contributed by atoms with van der Waals surface area (Å²) in [6, 6.07) is -0.204. The number of carboxylic acid groups (broad SMARTS) is 1. The van der Waals surface area contributed by atoms with E-state index in [1.54, 1.807) is 0 Å². The van der Waals surface area contributed by atoms with Crippen LogP contribution in [0.1, 0.15) is 12.8 Å². The third kappa shape index (κ3) is 3.17. The molecule has 1 aliphatic heterocycles. The zero-order chi connectivity index (χ0) is 11.3. The molecule has 0 spiro atoms. The van der Waals surface area contributed by atoms with E-state index in [9.17, 15) is 9.59 Å². The Labute approximate surface area is 88.4 Å². The van der Waals surface area contributed by atoms with Gasteiger partial charge in [0.2, 0.25) is 0 Å². The fourth-order valence-electron chi connectivity index (χ4n) is 1.30. The number of hydrogen-bond acceptors (Lipinski definition) is 2. The zero-order valence-corrected chi connectivity index (χ0v) is 8.40. The number of unbranched alkanes of at least 4 members (excludes halogenated alkanes) is 1. The minimum absolute atomic E-state index is 0.204. The smallest absolute Gasteiger partial charge is 0.317 e. The molecule has 2 amide bonds. The summed E-state index contributed by atoms with van der Waals surface area (Å²) in [4.78, 5) is 23.3. The van der Waals surface area contributed by atoms with E-state index in [4.69, 9.17) is 11.5 Å². The lowest BCUT2D eigenvalue weighted by Crippen LogP contribution is -2.56. The molecule has 1 saturated heterocycles. The van der Waals surface area contributed by atoms with Crippen LogP contribution in [0.4, 0.5) is 4.79 Å². The highest BCUT2D eigenvalue weighted by molar-refractivity contribution is 5.79. The fourth-order valence-corrected chi connectivity index (χ4v) is 1.30. The van der Waals surface area contributed by atoms with E-state index in [1.807, 2.05) is 0 Å². The Morgan fingerprint density at radius 2 is 2.20 bits per heavy atom. The lowest BCUT2D eigenvalue weighted by atomic mass is 10.0. The van der Waals surface area contributed by atoms with E-state index >= 15 is 0 Å². The third-order valence-corrected chi connectivity index (χ3v) is 2.29. The van der Waals surface area contributed by atoms with Crippen molar-refractivity contribution in [1.82, 2.24) is 10.2 Å². The van der Waals surface area contributed by atoms with Crippen LogP contribution in [0.15, 0.2) is 0 Å². The van der Waals surface area contributed by atoms with Gasteiger partial charge in [0.15, 0.2) is 0 Å². The van der Waals surface area contributed by atoms with Gasteiger partial charge in [-0.15, -0.1) is 12.3 Å². The average molecular weight is 210 g/mol. The van der Waals surface area contributed by atoms with Crippen molar-refractivity contribution in [3.05, 3.63) is 0 Å². The molecule has 2 N–H and O–H groups in total. The minimum Gasteiger partial charge on any atom is -0.481 e. The number of likely N-dealkylation sites (tertiary alicyclic amines) is 1. The maximum Gasteiger partial charge on any atom is 0.317 e. The first-order valence-corrected chi connectivity index (χ1v) is 4.84. The number of carboxylic acids is 1.